The summed E-state index contributed by atoms with van der Waals surface area (Å²) >= 11 is 1.67. The van der Waals surface area contributed by atoms with Crippen molar-refractivity contribution in [1.29, 1.82) is 0 Å². The standard InChI is InChI=1S/C22H27N3O2S.ClH/c1-28-14-12-19(23)22(27)24-18-10-8-16(9-11-18)15-21(26)25-13-4-6-17-5-2-3-7-20(17)25;/h2-3,5,7-11,19H,4,6,12-15,23H2,1H3,(H,24,27);1H/t19-;/m0./s1. The van der Waals surface area contributed by atoms with Gasteiger partial charge in [0.05, 0.1) is 12.5 Å². The Morgan fingerprint density at radius 1 is 1.17 bits per heavy atom. The van der Waals surface area contributed by atoms with Crippen molar-refractivity contribution in [2.45, 2.75) is 31.7 Å². The van der Waals surface area contributed by atoms with E-state index in [1.165, 1.54) is 5.56 Å². The molecule has 0 radical (unpaired) electrons. The highest BCUT2D eigenvalue weighted by Crippen LogP contribution is 2.27. The monoisotopic (exact) mass is 433 g/mol. The predicted molar refractivity (Wildman–Crippen MR) is 124 cm³/mol. The molecule has 5 nitrogen and oxygen atoms in total. The fraction of sp³-hybridized carbons (Fsp3) is 0.364. The van der Waals surface area contributed by atoms with E-state index >= 15 is 0 Å². The van der Waals surface area contributed by atoms with Crippen LogP contribution in [0.4, 0.5) is 11.4 Å². The Morgan fingerprint density at radius 2 is 1.90 bits per heavy atom. The molecule has 0 saturated carbocycles. The summed E-state index contributed by atoms with van der Waals surface area (Å²) in [5.41, 5.74) is 9.78. The van der Waals surface area contributed by atoms with E-state index in [2.05, 4.69) is 11.4 Å². The number of benzene rings is 2. The highest BCUT2D eigenvalue weighted by atomic mass is 35.5. The lowest BCUT2D eigenvalue weighted by atomic mass is 10.0. The maximum absolute atomic E-state index is 12.8. The van der Waals surface area contributed by atoms with Gasteiger partial charge in [0.25, 0.3) is 0 Å². The molecule has 0 aliphatic carbocycles. The number of para-hydroxylation sites is 1. The van der Waals surface area contributed by atoms with Gasteiger partial charge in [-0.15, -0.1) is 12.4 Å². The summed E-state index contributed by atoms with van der Waals surface area (Å²) in [6.07, 6.45) is 5.00. The molecular formula is C22H28ClN3O2S. The first kappa shape index (κ1) is 23.3. The second-order valence-electron chi connectivity index (χ2n) is 7.03. The minimum atomic E-state index is -0.507. The molecule has 1 atom stereocenters. The summed E-state index contributed by atoms with van der Waals surface area (Å²) in [5, 5.41) is 2.84. The van der Waals surface area contributed by atoms with Crippen molar-refractivity contribution in [1.82, 2.24) is 0 Å². The van der Waals surface area contributed by atoms with E-state index in [1.807, 2.05) is 53.6 Å². The fourth-order valence-electron chi connectivity index (χ4n) is 3.38. The fourth-order valence-corrected chi connectivity index (χ4v) is 3.87. The normalized spacial score (nSPS) is 13.8. The smallest absolute Gasteiger partial charge is 0.241 e. The Labute approximate surface area is 182 Å². The van der Waals surface area contributed by atoms with Crippen LogP contribution in [0.2, 0.25) is 0 Å². The molecular weight excluding hydrogens is 406 g/mol. The SMILES string of the molecule is CSCC[C@H](N)C(=O)Nc1ccc(CC(=O)N2CCCc3ccccc32)cc1.Cl. The highest BCUT2D eigenvalue weighted by Gasteiger charge is 2.22. The second kappa shape index (κ2) is 11.2. The van der Waals surface area contributed by atoms with E-state index in [0.717, 1.165) is 36.4 Å². The summed E-state index contributed by atoms with van der Waals surface area (Å²) in [6, 6.07) is 15.0. The third-order valence-electron chi connectivity index (χ3n) is 4.96. The molecule has 156 valence electrons. The van der Waals surface area contributed by atoms with Crippen LogP contribution in [0.15, 0.2) is 48.5 Å². The van der Waals surface area contributed by atoms with E-state index in [0.29, 0.717) is 18.5 Å². The quantitative estimate of drug-likeness (QED) is 0.698. The lowest BCUT2D eigenvalue weighted by Crippen LogP contribution is -2.36. The first-order chi connectivity index (χ1) is 13.6. The third-order valence-corrected chi connectivity index (χ3v) is 5.60. The average Bonchev–Trinajstić information content (AvgIpc) is 2.72. The number of nitrogens with zero attached hydrogens (tertiary/aromatic N) is 1. The number of rotatable bonds is 7. The van der Waals surface area contributed by atoms with Crippen molar-refractivity contribution in [2.75, 3.05) is 28.8 Å². The van der Waals surface area contributed by atoms with Gasteiger partial charge in [0.15, 0.2) is 0 Å². The number of nitrogens with two attached hydrogens (primary N) is 1. The molecule has 0 saturated heterocycles. The molecule has 0 unspecified atom stereocenters. The zero-order valence-electron chi connectivity index (χ0n) is 16.6. The molecule has 0 fully saturated rings. The number of nitrogens with one attached hydrogen (secondary N) is 1. The van der Waals surface area contributed by atoms with Crippen LogP contribution in [-0.4, -0.2) is 36.4 Å². The molecule has 2 amide bonds. The van der Waals surface area contributed by atoms with Gasteiger partial charge in [-0.2, -0.15) is 11.8 Å². The van der Waals surface area contributed by atoms with Gasteiger partial charge in [0.1, 0.15) is 0 Å². The summed E-state index contributed by atoms with van der Waals surface area (Å²) in [6.45, 7) is 0.762. The number of amides is 2. The first-order valence-corrected chi connectivity index (χ1v) is 11.0. The Hall–Kier alpha value is -2.02. The van der Waals surface area contributed by atoms with Crippen LogP contribution in [-0.2, 0) is 22.4 Å². The Morgan fingerprint density at radius 3 is 2.62 bits per heavy atom. The highest BCUT2D eigenvalue weighted by molar-refractivity contribution is 7.98. The summed E-state index contributed by atoms with van der Waals surface area (Å²) in [7, 11) is 0. The van der Waals surface area contributed by atoms with Crippen molar-refractivity contribution in [3.05, 3.63) is 59.7 Å². The molecule has 0 bridgehead atoms. The van der Waals surface area contributed by atoms with Crippen LogP contribution in [0.5, 0.6) is 0 Å². The molecule has 3 N–H and O–H groups in total. The Kier molecular flexibility index (Phi) is 9.01. The van der Waals surface area contributed by atoms with Crippen LogP contribution in [0.25, 0.3) is 0 Å². The number of carbonyl (C=O) groups excluding carboxylic acids is 2. The topological polar surface area (TPSA) is 75.4 Å². The number of thioether (sulfide) groups is 1. The third kappa shape index (κ3) is 6.23. The minimum Gasteiger partial charge on any atom is -0.325 e. The molecule has 1 aliphatic rings. The maximum atomic E-state index is 12.8. The first-order valence-electron chi connectivity index (χ1n) is 9.61. The average molecular weight is 434 g/mol. The largest absolute Gasteiger partial charge is 0.325 e. The zero-order valence-corrected chi connectivity index (χ0v) is 18.2. The number of fused-ring (bicyclic) bond motifs is 1. The lowest BCUT2D eigenvalue weighted by molar-refractivity contribution is -0.118. The molecule has 3 rings (SSSR count). The number of hydrogen-bond acceptors (Lipinski definition) is 4. The zero-order chi connectivity index (χ0) is 19.9. The van der Waals surface area contributed by atoms with Gasteiger partial charge < -0.3 is 16.0 Å². The summed E-state index contributed by atoms with van der Waals surface area (Å²) in [5.74, 6) is 0.778. The van der Waals surface area contributed by atoms with E-state index in [4.69, 9.17) is 5.73 Å². The molecule has 7 heteroatoms. The van der Waals surface area contributed by atoms with Crippen LogP contribution in [0.1, 0.15) is 24.0 Å². The molecule has 0 spiro atoms. The number of hydrogen-bond donors (Lipinski definition) is 2. The molecule has 2 aromatic carbocycles. The molecule has 29 heavy (non-hydrogen) atoms. The van der Waals surface area contributed by atoms with Crippen LogP contribution in [0, 0.1) is 0 Å². The number of anilines is 2. The van der Waals surface area contributed by atoms with Crippen molar-refractivity contribution in [2.24, 2.45) is 5.73 Å². The van der Waals surface area contributed by atoms with Gasteiger partial charge in [0, 0.05) is 17.9 Å². The maximum Gasteiger partial charge on any atom is 0.241 e. The number of halogens is 1. The summed E-state index contributed by atoms with van der Waals surface area (Å²) < 4.78 is 0. The Bertz CT molecular complexity index is 829. The van der Waals surface area contributed by atoms with Crippen LogP contribution < -0.4 is 16.0 Å². The van der Waals surface area contributed by atoms with Crippen LogP contribution in [0.3, 0.4) is 0 Å². The molecule has 1 heterocycles. The Balaban J connectivity index is 0.00000300. The van der Waals surface area contributed by atoms with E-state index in [9.17, 15) is 9.59 Å². The van der Waals surface area contributed by atoms with Crippen LogP contribution >= 0.6 is 24.2 Å². The van der Waals surface area contributed by atoms with Crippen molar-refractivity contribution >= 4 is 47.4 Å². The van der Waals surface area contributed by atoms with E-state index in [-0.39, 0.29) is 24.2 Å². The van der Waals surface area contributed by atoms with Gasteiger partial charge in [-0.05, 0) is 60.6 Å². The van der Waals surface area contributed by atoms with Gasteiger partial charge in [-0.3, -0.25) is 9.59 Å². The van der Waals surface area contributed by atoms with E-state index in [1.54, 1.807) is 11.8 Å². The van der Waals surface area contributed by atoms with Crippen molar-refractivity contribution in [3.63, 3.8) is 0 Å². The van der Waals surface area contributed by atoms with Gasteiger partial charge in [-0.1, -0.05) is 30.3 Å². The predicted octanol–water partition coefficient (Wildman–Crippen LogP) is 3.65. The van der Waals surface area contributed by atoms with E-state index < -0.39 is 6.04 Å². The second-order valence-corrected chi connectivity index (χ2v) is 8.01. The number of carbonyl (C=O) groups is 2. The van der Waals surface area contributed by atoms with Crippen molar-refractivity contribution in [3.8, 4) is 0 Å². The van der Waals surface area contributed by atoms with Gasteiger partial charge in [0.2, 0.25) is 11.8 Å². The summed E-state index contributed by atoms with van der Waals surface area (Å²) in [4.78, 5) is 26.8. The lowest BCUT2D eigenvalue weighted by Gasteiger charge is -2.29. The van der Waals surface area contributed by atoms with Gasteiger partial charge >= 0.3 is 0 Å². The minimum absolute atomic E-state index is 0. The number of aryl methyl sites for hydroxylation is 1. The van der Waals surface area contributed by atoms with Crippen molar-refractivity contribution < 1.29 is 9.59 Å². The molecule has 2 aromatic rings. The van der Waals surface area contributed by atoms with Gasteiger partial charge in [-0.25, -0.2) is 0 Å². The molecule has 1 aliphatic heterocycles. The molecule has 0 aromatic heterocycles.